The van der Waals surface area contributed by atoms with Gasteiger partial charge < -0.3 is 19.9 Å². The molecule has 0 bridgehead atoms. The molecule has 0 saturated heterocycles. The molecule has 188 valence electrons. The molecule has 0 saturated carbocycles. The second kappa shape index (κ2) is 9.62. The minimum atomic E-state index is -0.519. The zero-order chi connectivity index (χ0) is 25.5. The molecule has 0 atom stereocenters. The van der Waals surface area contributed by atoms with E-state index < -0.39 is 5.91 Å². The molecule has 11 heteroatoms. The van der Waals surface area contributed by atoms with Crippen molar-refractivity contribution in [2.75, 3.05) is 37.0 Å². The Morgan fingerprint density at radius 2 is 2.03 bits per heavy atom. The molecule has 3 N–H and O–H groups in total. The molecule has 35 heavy (non-hydrogen) atoms. The van der Waals surface area contributed by atoms with E-state index in [4.69, 9.17) is 15.5 Å². The lowest BCUT2D eigenvalue weighted by atomic mass is 9.92. The fourth-order valence-electron chi connectivity index (χ4n) is 4.72. The van der Waals surface area contributed by atoms with Crippen LogP contribution in [0.5, 0.6) is 0 Å². The summed E-state index contributed by atoms with van der Waals surface area (Å²) in [5.41, 5.74) is 9.44. The summed E-state index contributed by atoms with van der Waals surface area (Å²) in [6.45, 7) is 11.5. The van der Waals surface area contributed by atoms with E-state index >= 15 is 0 Å². The summed E-state index contributed by atoms with van der Waals surface area (Å²) in [5, 5.41) is 7.44. The average molecular weight is 546 g/mol. The van der Waals surface area contributed by atoms with Gasteiger partial charge in [-0.15, -0.1) is 0 Å². The first kappa shape index (κ1) is 25.2. The molecule has 10 nitrogen and oxygen atoms in total. The van der Waals surface area contributed by atoms with Crippen LogP contribution >= 0.6 is 15.9 Å². The lowest BCUT2D eigenvalue weighted by Crippen LogP contribution is -2.36. The summed E-state index contributed by atoms with van der Waals surface area (Å²) in [4.78, 5) is 32.5. The van der Waals surface area contributed by atoms with Gasteiger partial charge in [0, 0.05) is 50.9 Å². The smallest absolute Gasteiger partial charge is 0.277 e. The fraction of sp³-hybridized carbons (Fsp3) is 0.500. The highest BCUT2D eigenvalue weighted by atomic mass is 79.9. The third kappa shape index (κ3) is 4.79. The lowest BCUT2D eigenvalue weighted by molar-refractivity contribution is 0.0995. The largest absolute Gasteiger partial charge is 0.385 e. The Bertz CT molecular complexity index is 1290. The summed E-state index contributed by atoms with van der Waals surface area (Å²) >= 11 is 3.50. The van der Waals surface area contributed by atoms with Gasteiger partial charge in [0.2, 0.25) is 11.9 Å². The number of hydrogen-bond acceptors (Lipinski definition) is 6. The topological polar surface area (TPSA) is 120 Å². The number of nitrogens with two attached hydrogens (primary N) is 1. The zero-order valence-corrected chi connectivity index (χ0v) is 22.4. The van der Waals surface area contributed by atoms with Crippen LogP contribution < -0.4 is 16.0 Å². The van der Waals surface area contributed by atoms with E-state index in [2.05, 4.69) is 45.1 Å². The first-order chi connectivity index (χ1) is 16.6. The van der Waals surface area contributed by atoms with Crippen molar-refractivity contribution in [3.05, 3.63) is 33.6 Å². The number of hydrogen-bond donors (Lipinski definition) is 2. The van der Waals surface area contributed by atoms with Crippen LogP contribution in [0.25, 0.3) is 11.0 Å². The fourth-order valence-corrected chi connectivity index (χ4v) is 5.19. The number of nitrogens with zero attached hydrogens (tertiary/aromatic N) is 5. The van der Waals surface area contributed by atoms with Crippen LogP contribution in [-0.4, -0.2) is 58.0 Å². The van der Waals surface area contributed by atoms with Crippen LogP contribution in [0.4, 0.5) is 11.6 Å². The van der Waals surface area contributed by atoms with Gasteiger partial charge in [-0.3, -0.25) is 19.6 Å². The van der Waals surface area contributed by atoms with Crippen LogP contribution in [0.3, 0.4) is 0 Å². The van der Waals surface area contributed by atoms with E-state index in [-0.39, 0.29) is 11.3 Å². The molecule has 0 spiro atoms. The number of ether oxygens (including phenoxy) is 1. The van der Waals surface area contributed by atoms with E-state index in [1.807, 2.05) is 24.5 Å². The molecule has 3 heterocycles. The molecule has 1 aliphatic rings. The first-order valence-electron chi connectivity index (χ1n) is 11.7. The van der Waals surface area contributed by atoms with Gasteiger partial charge in [-0.25, -0.2) is 4.98 Å². The van der Waals surface area contributed by atoms with Crippen molar-refractivity contribution in [3.63, 3.8) is 0 Å². The number of nitrogens with one attached hydrogen (secondary N) is 1. The summed E-state index contributed by atoms with van der Waals surface area (Å²) in [5.74, 6) is -0.399. The Morgan fingerprint density at radius 3 is 2.69 bits per heavy atom. The van der Waals surface area contributed by atoms with Gasteiger partial charge >= 0.3 is 0 Å². The third-order valence-corrected chi connectivity index (χ3v) is 7.17. The second-order valence-electron chi connectivity index (χ2n) is 9.70. The first-order valence-corrected chi connectivity index (χ1v) is 12.5. The standard InChI is InChI=1S/C24H32BrN7O3/c1-6-32-20(18(25)14(2)29-32)22(34)28-23-27-16-10-15(21(26)33)11-17-19(16)31(23)13-24(3,4)12-30(17)8-7-9-35-5/h10-11H,6-9,12-13H2,1-5H3,(H2,26,33)(H,27,28,34). The number of benzene rings is 1. The van der Waals surface area contributed by atoms with E-state index in [1.54, 1.807) is 17.9 Å². The quantitative estimate of drug-likeness (QED) is 0.417. The molecular formula is C24H32BrN7O3. The Balaban J connectivity index is 1.85. The number of aromatic nitrogens is 4. The van der Waals surface area contributed by atoms with Crippen LogP contribution in [0.1, 0.15) is 53.7 Å². The number of methoxy groups -OCH3 is 1. The van der Waals surface area contributed by atoms with Crippen molar-refractivity contribution >= 4 is 50.4 Å². The minimum absolute atomic E-state index is 0.144. The van der Waals surface area contributed by atoms with Crippen molar-refractivity contribution in [2.24, 2.45) is 11.1 Å². The Hall–Kier alpha value is -2.92. The van der Waals surface area contributed by atoms with Gasteiger partial charge in [0.25, 0.3) is 5.91 Å². The predicted octanol–water partition coefficient (Wildman–Crippen LogP) is 3.56. The van der Waals surface area contributed by atoms with Gasteiger partial charge in [-0.05, 0) is 48.3 Å². The van der Waals surface area contributed by atoms with Crippen LogP contribution in [0.2, 0.25) is 0 Å². The van der Waals surface area contributed by atoms with Gasteiger partial charge in [0.1, 0.15) is 5.69 Å². The molecule has 2 amide bonds. The molecular weight excluding hydrogens is 514 g/mol. The van der Waals surface area contributed by atoms with E-state index in [0.29, 0.717) is 46.9 Å². The number of carbonyl (C=O) groups is 2. The summed E-state index contributed by atoms with van der Waals surface area (Å²) < 4.78 is 9.62. The maximum absolute atomic E-state index is 13.4. The normalized spacial score (nSPS) is 14.9. The Morgan fingerprint density at radius 1 is 1.29 bits per heavy atom. The molecule has 0 radical (unpaired) electrons. The highest BCUT2D eigenvalue weighted by Crippen LogP contribution is 2.38. The number of amides is 2. The number of aryl methyl sites for hydroxylation is 2. The number of halogens is 1. The van der Waals surface area contributed by atoms with Gasteiger partial charge in [0.05, 0.1) is 26.9 Å². The average Bonchev–Trinajstić information content (AvgIpc) is 3.23. The molecule has 1 aliphatic heterocycles. The number of rotatable bonds is 8. The van der Waals surface area contributed by atoms with Crippen molar-refractivity contribution in [2.45, 2.75) is 47.2 Å². The van der Waals surface area contributed by atoms with Crippen molar-refractivity contribution in [1.29, 1.82) is 0 Å². The molecule has 3 aromatic rings. The third-order valence-electron chi connectivity index (χ3n) is 6.22. The molecule has 0 fully saturated rings. The summed E-state index contributed by atoms with van der Waals surface area (Å²) in [6.07, 6.45) is 0.834. The highest BCUT2D eigenvalue weighted by molar-refractivity contribution is 9.10. The number of imidazole rings is 1. The maximum atomic E-state index is 13.4. The Labute approximate surface area is 212 Å². The van der Waals surface area contributed by atoms with Crippen LogP contribution in [-0.2, 0) is 17.8 Å². The number of carbonyl (C=O) groups excluding carboxylic acids is 2. The maximum Gasteiger partial charge on any atom is 0.277 e. The minimum Gasteiger partial charge on any atom is -0.385 e. The van der Waals surface area contributed by atoms with Crippen molar-refractivity contribution in [3.8, 4) is 0 Å². The summed E-state index contributed by atoms with van der Waals surface area (Å²) in [7, 11) is 1.69. The second-order valence-corrected chi connectivity index (χ2v) is 10.5. The van der Waals surface area contributed by atoms with Gasteiger partial charge in [-0.1, -0.05) is 13.8 Å². The molecule has 0 unspecified atom stereocenters. The lowest BCUT2D eigenvalue weighted by Gasteiger charge is -2.32. The predicted molar refractivity (Wildman–Crippen MR) is 139 cm³/mol. The molecule has 1 aromatic carbocycles. The highest BCUT2D eigenvalue weighted by Gasteiger charge is 2.32. The zero-order valence-electron chi connectivity index (χ0n) is 20.8. The van der Waals surface area contributed by atoms with Crippen LogP contribution in [0, 0.1) is 12.3 Å². The van der Waals surface area contributed by atoms with E-state index in [1.165, 1.54) is 0 Å². The van der Waals surface area contributed by atoms with E-state index in [0.717, 1.165) is 36.4 Å². The van der Waals surface area contributed by atoms with Gasteiger partial charge in [-0.2, -0.15) is 5.10 Å². The van der Waals surface area contributed by atoms with Crippen LogP contribution in [0.15, 0.2) is 16.6 Å². The molecule has 2 aromatic heterocycles. The summed E-state index contributed by atoms with van der Waals surface area (Å²) in [6, 6.07) is 3.52. The molecule has 4 rings (SSSR count). The van der Waals surface area contributed by atoms with Gasteiger partial charge in [0.15, 0.2) is 0 Å². The van der Waals surface area contributed by atoms with E-state index in [9.17, 15) is 9.59 Å². The number of anilines is 2. The van der Waals surface area contributed by atoms with Crippen molar-refractivity contribution in [1.82, 2.24) is 19.3 Å². The number of primary amides is 1. The monoisotopic (exact) mass is 545 g/mol. The SMILES string of the molecule is CCn1nc(C)c(Br)c1C(=O)Nc1nc2cc(C(N)=O)cc3c2n1CC(C)(C)CN3CCCOC. The van der Waals surface area contributed by atoms with Crippen molar-refractivity contribution < 1.29 is 14.3 Å². The molecule has 0 aliphatic carbocycles. The Kier molecular flexibility index (Phi) is 6.92.